The molecule has 2 aromatic rings. The number of aromatic nitrogens is 1. The fourth-order valence-electron chi connectivity index (χ4n) is 4.02. The van der Waals surface area contributed by atoms with Crippen molar-refractivity contribution in [2.24, 2.45) is 23.5 Å². The lowest BCUT2D eigenvalue weighted by Crippen LogP contribution is -2.16. The molecular formula is C16H18N2. The molecule has 2 heteroatoms. The summed E-state index contributed by atoms with van der Waals surface area (Å²) in [5.41, 5.74) is 7.76. The Morgan fingerprint density at radius 1 is 1.11 bits per heavy atom. The molecule has 0 saturated heterocycles. The third-order valence-corrected chi connectivity index (χ3v) is 4.95. The number of nitrogens with two attached hydrogens (primary N) is 1. The summed E-state index contributed by atoms with van der Waals surface area (Å²) in [7, 11) is 0. The second-order valence-electron chi connectivity index (χ2n) is 5.81. The third kappa shape index (κ3) is 1.42. The summed E-state index contributed by atoms with van der Waals surface area (Å²) in [6.45, 7) is 0. The van der Waals surface area contributed by atoms with Crippen LogP contribution in [-0.4, -0.2) is 4.98 Å². The van der Waals surface area contributed by atoms with Gasteiger partial charge in [-0.25, -0.2) is 0 Å². The number of benzene rings is 1. The molecule has 0 radical (unpaired) electrons. The Bertz CT molecular complexity index is 577. The van der Waals surface area contributed by atoms with Crippen LogP contribution in [0.1, 0.15) is 30.9 Å². The topological polar surface area (TPSA) is 38.9 Å². The molecule has 2 aliphatic carbocycles. The van der Waals surface area contributed by atoms with E-state index in [-0.39, 0.29) is 6.04 Å². The number of hydrogen-bond donors (Lipinski definition) is 1. The van der Waals surface area contributed by atoms with Crippen LogP contribution in [0.3, 0.4) is 0 Å². The van der Waals surface area contributed by atoms with Gasteiger partial charge in [-0.15, -0.1) is 0 Å². The minimum atomic E-state index is 0.180. The highest BCUT2D eigenvalue weighted by atomic mass is 14.8. The van der Waals surface area contributed by atoms with Gasteiger partial charge in [0.2, 0.25) is 0 Å². The Labute approximate surface area is 107 Å². The van der Waals surface area contributed by atoms with Crippen molar-refractivity contribution in [3.05, 3.63) is 42.2 Å². The van der Waals surface area contributed by atoms with Crippen molar-refractivity contribution in [2.75, 3.05) is 0 Å². The Morgan fingerprint density at radius 3 is 2.72 bits per heavy atom. The van der Waals surface area contributed by atoms with E-state index in [1.54, 1.807) is 0 Å². The molecule has 0 spiro atoms. The molecule has 3 unspecified atom stereocenters. The van der Waals surface area contributed by atoms with E-state index in [0.29, 0.717) is 5.92 Å². The highest BCUT2D eigenvalue weighted by Crippen LogP contribution is 2.61. The maximum absolute atomic E-state index is 6.52. The first-order valence-corrected chi connectivity index (χ1v) is 6.94. The van der Waals surface area contributed by atoms with Crippen molar-refractivity contribution in [2.45, 2.75) is 25.3 Å². The van der Waals surface area contributed by atoms with Crippen LogP contribution >= 0.6 is 0 Å². The van der Waals surface area contributed by atoms with Gasteiger partial charge in [0.1, 0.15) is 0 Å². The Kier molecular flexibility index (Phi) is 2.21. The van der Waals surface area contributed by atoms with Gasteiger partial charge in [-0.3, -0.25) is 4.98 Å². The van der Waals surface area contributed by atoms with Crippen molar-refractivity contribution in [1.29, 1.82) is 0 Å². The van der Waals surface area contributed by atoms with E-state index >= 15 is 0 Å². The van der Waals surface area contributed by atoms with Gasteiger partial charge < -0.3 is 5.73 Å². The van der Waals surface area contributed by atoms with Crippen molar-refractivity contribution >= 4 is 10.8 Å². The Morgan fingerprint density at radius 2 is 1.89 bits per heavy atom. The first-order valence-electron chi connectivity index (χ1n) is 6.94. The Hall–Kier alpha value is -1.41. The van der Waals surface area contributed by atoms with Crippen LogP contribution in [0.25, 0.3) is 10.8 Å². The van der Waals surface area contributed by atoms with Gasteiger partial charge >= 0.3 is 0 Å². The monoisotopic (exact) mass is 238 g/mol. The molecule has 1 aromatic carbocycles. The molecule has 4 rings (SSSR count). The van der Waals surface area contributed by atoms with E-state index in [0.717, 1.165) is 11.8 Å². The molecule has 3 atom stereocenters. The second-order valence-corrected chi connectivity index (χ2v) is 5.81. The summed E-state index contributed by atoms with van der Waals surface area (Å²) in [4.78, 5) is 4.36. The van der Waals surface area contributed by atoms with E-state index in [1.807, 2.05) is 12.4 Å². The molecule has 1 heterocycles. The third-order valence-electron chi connectivity index (χ3n) is 4.95. The minimum Gasteiger partial charge on any atom is -0.324 e. The van der Waals surface area contributed by atoms with Crippen LogP contribution in [0.15, 0.2) is 36.7 Å². The largest absolute Gasteiger partial charge is 0.324 e. The first-order chi connectivity index (χ1) is 8.86. The molecule has 92 valence electrons. The van der Waals surface area contributed by atoms with Crippen molar-refractivity contribution in [3.63, 3.8) is 0 Å². The average molecular weight is 238 g/mol. The van der Waals surface area contributed by atoms with E-state index in [1.165, 1.54) is 35.6 Å². The van der Waals surface area contributed by atoms with Gasteiger partial charge in [0.05, 0.1) is 0 Å². The number of rotatable bonds is 2. The molecule has 1 aromatic heterocycles. The summed E-state index contributed by atoms with van der Waals surface area (Å²) < 4.78 is 0. The highest BCUT2D eigenvalue weighted by molar-refractivity contribution is 5.85. The number of hydrogen-bond acceptors (Lipinski definition) is 2. The van der Waals surface area contributed by atoms with Gasteiger partial charge in [0.15, 0.2) is 0 Å². The first kappa shape index (κ1) is 10.5. The van der Waals surface area contributed by atoms with Crippen LogP contribution in [-0.2, 0) is 0 Å². The van der Waals surface area contributed by atoms with Crippen LogP contribution in [0, 0.1) is 17.8 Å². The van der Waals surface area contributed by atoms with Crippen molar-refractivity contribution in [3.8, 4) is 0 Å². The number of nitrogens with zero attached hydrogens (tertiary/aromatic N) is 1. The minimum absolute atomic E-state index is 0.180. The van der Waals surface area contributed by atoms with Crippen LogP contribution in [0.5, 0.6) is 0 Å². The lowest BCUT2D eigenvalue weighted by atomic mass is 9.95. The zero-order valence-corrected chi connectivity index (χ0v) is 10.4. The zero-order chi connectivity index (χ0) is 12.1. The maximum Gasteiger partial charge on any atom is 0.0350 e. The van der Waals surface area contributed by atoms with E-state index < -0.39 is 0 Å². The smallest absolute Gasteiger partial charge is 0.0350 e. The molecule has 0 bridgehead atoms. The zero-order valence-electron chi connectivity index (χ0n) is 10.4. The summed E-state index contributed by atoms with van der Waals surface area (Å²) in [5, 5.41) is 2.49. The normalized spacial score (nSPS) is 31.3. The average Bonchev–Trinajstić information content (AvgIpc) is 2.90. The molecule has 18 heavy (non-hydrogen) atoms. The number of pyridine rings is 1. The quantitative estimate of drug-likeness (QED) is 0.872. The number of fused-ring (bicyclic) bond motifs is 2. The lowest BCUT2D eigenvalue weighted by molar-refractivity contribution is 0.503. The van der Waals surface area contributed by atoms with Crippen LogP contribution in [0.4, 0.5) is 0 Å². The lowest BCUT2D eigenvalue weighted by Gasteiger charge is -2.16. The molecular weight excluding hydrogens is 220 g/mol. The summed E-state index contributed by atoms with van der Waals surface area (Å²) in [6, 6.07) is 8.62. The molecule has 2 aliphatic rings. The molecule has 2 nitrogen and oxygen atoms in total. The van der Waals surface area contributed by atoms with Crippen LogP contribution < -0.4 is 5.73 Å². The molecule has 0 amide bonds. The predicted octanol–water partition coefficient (Wildman–Crippen LogP) is 3.28. The van der Waals surface area contributed by atoms with E-state index in [2.05, 4.69) is 29.2 Å². The second kappa shape index (κ2) is 3.79. The molecule has 2 fully saturated rings. The fraction of sp³-hybridized carbons (Fsp3) is 0.438. The maximum atomic E-state index is 6.52. The highest BCUT2D eigenvalue weighted by Gasteiger charge is 2.55. The Balaban J connectivity index is 1.74. The van der Waals surface area contributed by atoms with Gasteiger partial charge in [-0.2, -0.15) is 0 Å². The fourth-order valence-corrected chi connectivity index (χ4v) is 4.02. The van der Waals surface area contributed by atoms with Gasteiger partial charge in [0.25, 0.3) is 0 Å². The summed E-state index contributed by atoms with van der Waals surface area (Å²) in [5.74, 6) is 2.52. The SMILES string of the molecule is NC(c1cncc2ccccc12)C1C2CCCC21. The van der Waals surface area contributed by atoms with Crippen molar-refractivity contribution in [1.82, 2.24) is 4.98 Å². The predicted molar refractivity (Wildman–Crippen MR) is 73.0 cm³/mol. The van der Waals surface area contributed by atoms with E-state index in [4.69, 9.17) is 5.73 Å². The molecule has 2 saturated carbocycles. The van der Waals surface area contributed by atoms with Gasteiger partial charge in [-0.1, -0.05) is 30.7 Å². The summed E-state index contributed by atoms with van der Waals surface area (Å²) in [6.07, 6.45) is 8.09. The molecule has 0 aliphatic heterocycles. The van der Waals surface area contributed by atoms with Crippen molar-refractivity contribution < 1.29 is 0 Å². The van der Waals surface area contributed by atoms with Gasteiger partial charge in [-0.05, 0) is 41.5 Å². The summed E-state index contributed by atoms with van der Waals surface area (Å²) >= 11 is 0. The van der Waals surface area contributed by atoms with Crippen LogP contribution in [0.2, 0.25) is 0 Å². The standard InChI is InChI=1S/C16H18N2/c17-16(15-12-6-3-7-13(12)15)14-9-18-8-10-4-1-2-5-11(10)14/h1-2,4-5,8-9,12-13,15-16H,3,6-7,17H2. The molecule has 2 N–H and O–H groups in total. The van der Waals surface area contributed by atoms with Gasteiger partial charge in [0, 0.05) is 23.8 Å². The van der Waals surface area contributed by atoms with E-state index in [9.17, 15) is 0 Å².